The minimum Gasteiger partial charge on any atom is -0.448 e. The second kappa shape index (κ2) is 20.3. The van der Waals surface area contributed by atoms with E-state index in [1.807, 2.05) is 67.7 Å². The molecule has 258 valence electrons. The van der Waals surface area contributed by atoms with Crippen molar-refractivity contribution in [3.63, 3.8) is 0 Å². The van der Waals surface area contributed by atoms with Gasteiger partial charge in [0.05, 0.1) is 24.4 Å². The van der Waals surface area contributed by atoms with Gasteiger partial charge in [0.15, 0.2) is 0 Å². The lowest BCUT2D eigenvalue weighted by atomic mass is 9.91. The van der Waals surface area contributed by atoms with Crippen molar-refractivity contribution < 1.29 is 29.0 Å². The average molecular weight is 655 g/mol. The smallest absolute Gasteiger partial charge is 0.407 e. The molecule has 1 rings (SSSR count). The van der Waals surface area contributed by atoms with Crippen molar-refractivity contribution in [3.8, 4) is 0 Å². The first-order valence-corrected chi connectivity index (χ1v) is 17.5. The highest BCUT2D eigenvalue weighted by atomic mass is 32.2. The summed E-state index contributed by atoms with van der Waals surface area (Å²) in [5, 5.41) is 26.9. The largest absolute Gasteiger partial charge is 0.448 e. The van der Waals surface area contributed by atoms with Gasteiger partial charge >= 0.3 is 6.09 Å². The number of ether oxygens (including phenoxy) is 1. The van der Waals surface area contributed by atoms with E-state index in [4.69, 9.17) is 4.74 Å². The van der Waals surface area contributed by atoms with Gasteiger partial charge in [-0.1, -0.05) is 34.6 Å². The predicted molar refractivity (Wildman–Crippen MR) is 179 cm³/mol. The number of rotatable bonds is 20. The van der Waals surface area contributed by atoms with Crippen LogP contribution in [0, 0.1) is 31.6 Å². The molecule has 0 saturated carbocycles. The van der Waals surface area contributed by atoms with Gasteiger partial charge < -0.3 is 31.1 Å². The zero-order valence-electron chi connectivity index (χ0n) is 28.9. The van der Waals surface area contributed by atoms with E-state index in [2.05, 4.69) is 26.4 Å². The van der Waals surface area contributed by atoms with Crippen LogP contribution in [0.4, 0.5) is 4.79 Å². The fraction of sp³-hybridized carbons (Fsp3) is 0.781. The zero-order chi connectivity index (χ0) is 34.3. The molecular weight excluding hydrogens is 596 g/mol. The number of carbonyl (C=O) groups excluding carboxylic acids is 4. The number of hydrogen-bond acceptors (Lipinski definition) is 8. The highest BCUT2D eigenvalue weighted by molar-refractivity contribution is 7.98. The number of alkyl carbamates (subject to hydrolysis) is 1. The molecule has 0 aliphatic heterocycles. The van der Waals surface area contributed by atoms with Crippen LogP contribution in [0.5, 0.6) is 0 Å². The number of aliphatic hydroxyl groups is 1. The number of aryl methyl sites for hydroxylation is 2. The van der Waals surface area contributed by atoms with Crippen LogP contribution >= 0.6 is 11.8 Å². The predicted octanol–water partition coefficient (Wildman–Crippen LogP) is 3.32. The van der Waals surface area contributed by atoms with E-state index in [1.165, 1.54) is 0 Å². The summed E-state index contributed by atoms with van der Waals surface area (Å²) in [6.07, 6.45) is 1.59. The van der Waals surface area contributed by atoms with Crippen LogP contribution in [0.15, 0.2) is 6.07 Å². The van der Waals surface area contributed by atoms with E-state index in [0.717, 1.165) is 11.4 Å². The van der Waals surface area contributed by atoms with E-state index in [0.29, 0.717) is 31.6 Å². The maximum absolute atomic E-state index is 13.4. The van der Waals surface area contributed by atoms with Gasteiger partial charge in [-0.25, -0.2) is 4.79 Å². The number of nitrogens with zero attached hydrogens (tertiary/aromatic N) is 2. The summed E-state index contributed by atoms with van der Waals surface area (Å²) in [7, 11) is 0. The van der Waals surface area contributed by atoms with Crippen molar-refractivity contribution in [3.05, 3.63) is 17.5 Å². The molecule has 13 heteroatoms. The molecule has 0 aromatic carbocycles. The number of nitrogens with one attached hydrogen (secondary N) is 4. The Morgan fingerprint density at radius 2 is 1.49 bits per heavy atom. The van der Waals surface area contributed by atoms with Gasteiger partial charge in [-0.05, 0) is 83.3 Å². The quantitative estimate of drug-likeness (QED) is 0.143. The topological polar surface area (TPSA) is 164 Å². The third-order valence-corrected chi connectivity index (χ3v) is 7.83. The first-order valence-electron chi connectivity index (χ1n) is 16.1. The normalized spacial score (nSPS) is 14.9. The molecule has 0 aliphatic carbocycles. The number of amides is 4. The summed E-state index contributed by atoms with van der Waals surface area (Å²) in [4.78, 5) is 51.8. The molecule has 0 saturated heterocycles. The Hall–Kier alpha value is -2.80. The number of thioether (sulfide) groups is 1. The van der Waals surface area contributed by atoms with E-state index in [-0.39, 0.29) is 42.7 Å². The molecule has 5 N–H and O–H groups in total. The van der Waals surface area contributed by atoms with Crippen LogP contribution in [0.1, 0.15) is 85.5 Å². The van der Waals surface area contributed by atoms with Crippen molar-refractivity contribution in [2.45, 2.75) is 125 Å². The van der Waals surface area contributed by atoms with Gasteiger partial charge in [0.2, 0.25) is 17.7 Å². The van der Waals surface area contributed by atoms with Crippen LogP contribution < -0.4 is 21.3 Å². The second-order valence-corrected chi connectivity index (χ2v) is 14.1. The van der Waals surface area contributed by atoms with Gasteiger partial charge in [0, 0.05) is 17.7 Å². The van der Waals surface area contributed by atoms with Crippen LogP contribution in [0.3, 0.4) is 0 Å². The molecule has 0 spiro atoms. The molecule has 1 aromatic rings. The van der Waals surface area contributed by atoms with Crippen molar-refractivity contribution in [2.75, 3.05) is 18.6 Å². The summed E-state index contributed by atoms with van der Waals surface area (Å²) in [6, 6.07) is -0.313. The minimum absolute atomic E-state index is 0.0597. The molecule has 12 nitrogen and oxygen atoms in total. The number of carbonyl (C=O) groups is 4. The summed E-state index contributed by atoms with van der Waals surface area (Å²) in [5.41, 5.74) is 1.84. The molecule has 0 fully saturated rings. The molecule has 4 amide bonds. The standard InChI is InChI=1S/C32H58N6O6S/c1-19(2)15-26(28(39)17-22(7)29(40)35-27(16-20(3)4)31(42)33-21(5)6)34-30(41)25(11-14-45-10)36-32(43)44-13-12-38-24(9)18-23(8)37-38/h18-22,25-28,39H,11-17H2,1-10H3,(H,33,42)(H,34,41)(H,35,40)(H,36,43)/t22-,25+,26+,27+,28+/m1/s1. The average Bonchev–Trinajstić information content (AvgIpc) is 3.25. The zero-order valence-corrected chi connectivity index (χ0v) is 29.8. The minimum atomic E-state index is -1.03. The van der Waals surface area contributed by atoms with Crippen LogP contribution in [0.25, 0.3) is 0 Å². The Bertz CT molecular complexity index is 1080. The maximum Gasteiger partial charge on any atom is 0.407 e. The highest BCUT2D eigenvalue weighted by Crippen LogP contribution is 2.17. The van der Waals surface area contributed by atoms with Crippen LogP contribution in [-0.4, -0.2) is 87.6 Å². The van der Waals surface area contributed by atoms with Crippen molar-refractivity contribution in [1.82, 2.24) is 31.0 Å². The van der Waals surface area contributed by atoms with Crippen molar-refractivity contribution >= 4 is 35.6 Å². The third-order valence-electron chi connectivity index (χ3n) is 7.19. The van der Waals surface area contributed by atoms with Gasteiger partial charge in [0.25, 0.3) is 0 Å². The summed E-state index contributed by atoms with van der Waals surface area (Å²) in [5.74, 6) is -0.662. The first kappa shape index (κ1) is 40.2. The Morgan fingerprint density at radius 1 is 0.867 bits per heavy atom. The van der Waals surface area contributed by atoms with Gasteiger partial charge in [0.1, 0.15) is 18.7 Å². The Balaban J connectivity index is 2.87. The van der Waals surface area contributed by atoms with Crippen LogP contribution in [0.2, 0.25) is 0 Å². The fourth-order valence-corrected chi connectivity index (χ4v) is 5.42. The third kappa shape index (κ3) is 15.9. The maximum atomic E-state index is 13.4. The van der Waals surface area contributed by atoms with E-state index in [9.17, 15) is 24.3 Å². The highest BCUT2D eigenvalue weighted by Gasteiger charge is 2.31. The van der Waals surface area contributed by atoms with Crippen molar-refractivity contribution in [1.29, 1.82) is 0 Å². The Morgan fingerprint density at radius 3 is 2.02 bits per heavy atom. The fourth-order valence-electron chi connectivity index (χ4n) is 4.95. The van der Waals surface area contributed by atoms with Crippen molar-refractivity contribution in [2.24, 2.45) is 17.8 Å². The van der Waals surface area contributed by atoms with E-state index >= 15 is 0 Å². The van der Waals surface area contributed by atoms with E-state index < -0.39 is 42.1 Å². The van der Waals surface area contributed by atoms with Crippen LogP contribution in [-0.2, 0) is 25.7 Å². The number of aliphatic hydroxyl groups excluding tert-OH is 1. The second-order valence-electron chi connectivity index (χ2n) is 13.1. The monoisotopic (exact) mass is 654 g/mol. The summed E-state index contributed by atoms with van der Waals surface area (Å²) < 4.78 is 7.09. The molecule has 0 aliphatic rings. The van der Waals surface area contributed by atoms with E-state index in [1.54, 1.807) is 23.4 Å². The SMILES string of the molecule is CSCC[C@H](NC(=O)OCCn1nc(C)cc1C)C(=O)N[C@@H](CC(C)C)[C@@H](O)C[C@@H](C)C(=O)N[C@@H](CC(C)C)C(=O)NC(C)C. The first-order chi connectivity index (χ1) is 21.0. The van der Waals surface area contributed by atoms with Gasteiger partial charge in [-0.3, -0.25) is 19.1 Å². The Kier molecular flexibility index (Phi) is 18.2. The lowest BCUT2D eigenvalue weighted by molar-refractivity contribution is -0.132. The lowest BCUT2D eigenvalue weighted by Crippen LogP contribution is -2.54. The summed E-state index contributed by atoms with van der Waals surface area (Å²) in [6.45, 7) is 17.7. The number of aromatic nitrogens is 2. The Labute approximate surface area is 273 Å². The molecule has 1 heterocycles. The molecular formula is C32H58N6O6S. The molecule has 0 radical (unpaired) electrons. The molecule has 0 bridgehead atoms. The van der Waals surface area contributed by atoms with Gasteiger partial charge in [-0.15, -0.1) is 0 Å². The summed E-state index contributed by atoms with van der Waals surface area (Å²) >= 11 is 1.55. The number of hydrogen-bond donors (Lipinski definition) is 5. The lowest BCUT2D eigenvalue weighted by Gasteiger charge is -2.30. The van der Waals surface area contributed by atoms with Gasteiger partial charge in [-0.2, -0.15) is 16.9 Å². The molecule has 1 aromatic heterocycles. The molecule has 45 heavy (non-hydrogen) atoms. The molecule has 5 atom stereocenters. The molecule has 0 unspecified atom stereocenters.